The van der Waals surface area contributed by atoms with E-state index in [1.165, 1.54) is 0 Å². The van der Waals surface area contributed by atoms with Crippen LogP contribution in [0.5, 0.6) is 0 Å². The molecule has 3 rings (SSSR count). The molecular formula is C19H20N6O2S. The first-order valence-electron chi connectivity index (χ1n) is 8.92. The lowest BCUT2D eigenvalue weighted by Gasteiger charge is -2.19. The molecule has 2 heterocycles. The van der Waals surface area contributed by atoms with Crippen LogP contribution in [0.1, 0.15) is 25.3 Å². The number of nitrogens with zero attached hydrogens (tertiary/aromatic N) is 4. The van der Waals surface area contributed by atoms with E-state index >= 15 is 0 Å². The summed E-state index contributed by atoms with van der Waals surface area (Å²) in [5, 5.41) is 15.8. The van der Waals surface area contributed by atoms with Gasteiger partial charge in [-0.25, -0.2) is 9.97 Å². The Bertz CT molecular complexity index is 925. The average Bonchev–Trinajstić information content (AvgIpc) is 2.70. The first-order chi connectivity index (χ1) is 13.7. The topological polar surface area (TPSA) is 112 Å². The number of carbonyl (C=O) groups is 1. The molecule has 0 fully saturated rings. The summed E-state index contributed by atoms with van der Waals surface area (Å²) in [5.41, 5.74) is 1.96. The number of ether oxygens (including phenoxy) is 1. The van der Waals surface area contributed by atoms with Crippen molar-refractivity contribution in [1.82, 2.24) is 15.3 Å². The van der Waals surface area contributed by atoms with Crippen molar-refractivity contribution in [2.45, 2.75) is 36.1 Å². The largest absolute Gasteiger partial charge is 0.466 e. The van der Waals surface area contributed by atoms with Gasteiger partial charge in [-0.3, -0.25) is 15.1 Å². The molecule has 8 nitrogen and oxygen atoms in total. The second kappa shape index (κ2) is 9.71. The van der Waals surface area contributed by atoms with E-state index in [9.17, 15) is 4.79 Å². The Morgan fingerprint density at radius 2 is 2.25 bits per heavy atom. The Balaban J connectivity index is 1.63. The van der Waals surface area contributed by atoms with Crippen molar-refractivity contribution in [1.29, 1.82) is 5.26 Å². The molecule has 0 saturated carbocycles. The highest BCUT2D eigenvalue weighted by atomic mass is 32.2. The predicted octanol–water partition coefficient (Wildman–Crippen LogP) is 3.04. The van der Waals surface area contributed by atoms with Crippen molar-refractivity contribution in [3.8, 4) is 6.19 Å². The summed E-state index contributed by atoms with van der Waals surface area (Å²) < 4.78 is 4.90. The fourth-order valence-electron chi connectivity index (χ4n) is 2.66. The number of fused-ring (bicyclic) bond motifs is 2. The molecule has 0 spiro atoms. The van der Waals surface area contributed by atoms with Crippen LogP contribution in [0.15, 0.2) is 45.5 Å². The highest BCUT2D eigenvalue weighted by Crippen LogP contribution is 2.41. The molecule has 2 N–H and O–H groups in total. The number of aliphatic imine (C=N–C) groups is 1. The van der Waals surface area contributed by atoms with Gasteiger partial charge < -0.3 is 10.1 Å². The van der Waals surface area contributed by atoms with Crippen LogP contribution >= 0.6 is 11.8 Å². The summed E-state index contributed by atoms with van der Waals surface area (Å²) in [6.45, 7) is 2.61. The number of hydrogen-bond donors (Lipinski definition) is 2. The Morgan fingerprint density at radius 1 is 1.39 bits per heavy atom. The zero-order valence-electron chi connectivity index (χ0n) is 15.4. The van der Waals surface area contributed by atoms with Crippen molar-refractivity contribution < 1.29 is 9.53 Å². The Morgan fingerprint density at radius 3 is 3.07 bits per heavy atom. The summed E-state index contributed by atoms with van der Waals surface area (Å²) >= 11 is 1.57. The molecule has 0 unspecified atom stereocenters. The highest BCUT2D eigenvalue weighted by molar-refractivity contribution is 7.99. The van der Waals surface area contributed by atoms with Crippen LogP contribution in [-0.2, 0) is 16.0 Å². The Hall–Kier alpha value is -3.12. The Labute approximate surface area is 167 Å². The monoisotopic (exact) mass is 396 g/mol. The zero-order valence-corrected chi connectivity index (χ0v) is 16.3. The molecule has 1 aliphatic rings. The molecule has 0 bridgehead atoms. The van der Waals surface area contributed by atoms with Gasteiger partial charge in [0.1, 0.15) is 10.9 Å². The summed E-state index contributed by atoms with van der Waals surface area (Å²) in [6, 6.07) is 6.04. The van der Waals surface area contributed by atoms with E-state index in [1.807, 2.05) is 24.4 Å². The van der Waals surface area contributed by atoms with Gasteiger partial charge in [0, 0.05) is 36.7 Å². The highest BCUT2D eigenvalue weighted by Gasteiger charge is 2.18. The third-order valence-electron chi connectivity index (χ3n) is 3.89. The van der Waals surface area contributed by atoms with Gasteiger partial charge >= 0.3 is 5.97 Å². The van der Waals surface area contributed by atoms with Crippen molar-refractivity contribution >= 4 is 35.1 Å². The van der Waals surface area contributed by atoms with Gasteiger partial charge in [-0.15, -0.1) is 0 Å². The van der Waals surface area contributed by atoms with E-state index in [1.54, 1.807) is 31.1 Å². The minimum Gasteiger partial charge on any atom is -0.466 e. The van der Waals surface area contributed by atoms with Gasteiger partial charge in [0.15, 0.2) is 12.0 Å². The second-order valence-electron chi connectivity index (χ2n) is 5.92. The van der Waals surface area contributed by atoms with Gasteiger partial charge in [-0.2, -0.15) is 5.26 Å². The molecule has 2 aromatic rings. The number of nitriles is 1. The van der Waals surface area contributed by atoms with Crippen molar-refractivity contribution in [2.75, 3.05) is 18.5 Å². The smallest absolute Gasteiger partial charge is 0.305 e. The van der Waals surface area contributed by atoms with E-state index in [4.69, 9.17) is 10.00 Å². The summed E-state index contributed by atoms with van der Waals surface area (Å²) in [4.78, 5) is 25.5. The molecule has 1 aromatic heterocycles. The number of benzene rings is 1. The van der Waals surface area contributed by atoms with Gasteiger partial charge in [-0.05, 0) is 31.0 Å². The van der Waals surface area contributed by atoms with Crippen LogP contribution in [0, 0.1) is 11.5 Å². The number of rotatable bonds is 7. The molecule has 0 aliphatic carbocycles. The number of aromatic nitrogens is 2. The molecule has 0 atom stereocenters. The van der Waals surface area contributed by atoms with Crippen molar-refractivity contribution in [3.05, 3.63) is 36.2 Å². The number of carbonyl (C=O) groups excluding carboxylic acids is 1. The molecule has 0 saturated heterocycles. The van der Waals surface area contributed by atoms with Crippen molar-refractivity contribution in [2.24, 2.45) is 4.99 Å². The summed E-state index contributed by atoms with van der Waals surface area (Å²) in [5.74, 6) is 1.07. The number of amidine groups is 1. The van der Waals surface area contributed by atoms with E-state index in [0.717, 1.165) is 27.0 Å². The second-order valence-corrected chi connectivity index (χ2v) is 6.95. The lowest BCUT2D eigenvalue weighted by molar-refractivity contribution is -0.143. The molecule has 28 heavy (non-hydrogen) atoms. The minimum atomic E-state index is -0.228. The standard InChI is InChI=1S/C19H20N6O2S/c1-2-27-17(26)4-3-7-21-16(24-12-20)11-13-5-6-15-14(10-13)25-18-19(28-15)23-9-8-22-18/h5-6,8-10H,2-4,7,11H2,1H3,(H,21,24)(H,22,25). The van der Waals surface area contributed by atoms with Crippen LogP contribution in [0.3, 0.4) is 0 Å². The Kier molecular flexibility index (Phi) is 6.81. The fourth-order valence-corrected chi connectivity index (χ4v) is 3.54. The number of hydrogen-bond acceptors (Lipinski definition) is 8. The number of nitrogens with one attached hydrogen (secondary N) is 2. The maximum Gasteiger partial charge on any atom is 0.305 e. The summed E-state index contributed by atoms with van der Waals surface area (Å²) in [6.07, 6.45) is 6.63. The van der Waals surface area contributed by atoms with E-state index < -0.39 is 0 Å². The number of anilines is 2. The first-order valence-corrected chi connectivity index (χ1v) is 9.74. The third-order valence-corrected chi connectivity index (χ3v) is 4.96. The molecule has 1 aliphatic heterocycles. The molecule has 1 aromatic carbocycles. The molecular weight excluding hydrogens is 376 g/mol. The molecule has 0 amide bonds. The molecule has 144 valence electrons. The van der Waals surface area contributed by atoms with Crippen LogP contribution in [0.25, 0.3) is 0 Å². The zero-order chi connectivity index (χ0) is 19.8. The SMILES string of the molecule is CCOC(=O)CCCN=C(Cc1ccc2c(c1)Nc1nccnc1S2)NC#N. The lowest BCUT2D eigenvalue weighted by atomic mass is 10.1. The van der Waals surface area contributed by atoms with Crippen molar-refractivity contribution in [3.63, 3.8) is 0 Å². The van der Waals surface area contributed by atoms with Gasteiger partial charge in [0.25, 0.3) is 0 Å². The molecule has 9 heteroatoms. The number of esters is 1. The van der Waals surface area contributed by atoms with Crippen LogP contribution in [-0.4, -0.2) is 34.9 Å². The fraction of sp³-hybridized carbons (Fsp3) is 0.316. The van der Waals surface area contributed by atoms with E-state index in [-0.39, 0.29) is 5.97 Å². The average molecular weight is 396 g/mol. The van der Waals surface area contributed by atoms with Gasteiger partial charge in [0.05, 0.1) is 12.3 Å². The van der Waals surface area contributed by atoms with Crippen LogP contribution < -0.4 is 10.6 Å². The van der Waals surface area contributed by atoms with Crippen LogP contribution in [0.2, 0.25) is 0 Å². The third kappa shape index (κ3) is 5.20. The predicted molar refractivity (Wildman–Crippen MR) is 107 cm³/mol. The molecule has 0 radical (unpaired) electrons. The van der Waals surface area contributed by atoms with Gasteiger partial charge in [-0.1, -0.05) is 17.8 Å². The van der Waals surface area contributed by atoms with Gasteiger partial charge in [0.2, 0.25) is 0 Å². The lowest BCUT2D eigenvalue weighted by Crippen LogP contribution is -2.21. The normalized spacial score (nSPS) is 12.2. The maximum atomic E-state index is 11.4. The van der Waals surface area contributed by atoms with E-state index in [2.05, 4.69) is 25.6 Å². The first kappa shape index (κ1) is 19.6. The quantitative estimate of drug-likeness (QED) is 0.156. The minimum absolute atomic E-state index is 0.228. The van der Waals surface area contributed by atoms with Crippen LogP contribution in [0.4, 0.5) is 11.5 Å². The van der Waals surface area contributed by atoms with E-state index in [0.29, 0.717) is 38.2 Å². The summed E-state index contributed by atoms with van der Waals surface area (Å²) in [7, 11) is 0. The maximum absolute atomic E-state index is 11.4.